The van der Waals surface area contributed by atoms with Crippen LogP contribution in [0.1, 0.15) is 22.4 Å². The van der Waals surface area contributed by atoms with Crippen LogP contribution in [0.2, 0.25) is 5.02 Å². The number of hydrogen-bond donors (Lipinski definition) is 0. The summed E-state index contributed by atoms with van der Waals surface area (Å²) in [4.78, 5) is 18.8. The van der Waals surface area contributed by atoms with Crippen molar-refractivity contribution in [1.29, 1.82) is 0 Å². The van der Waals surface area contributed by atoms with Gasteiger partial charge in [-0.1, -0.05) is 11.6 Å². The number of carbonyl (C=O) groups excluding carboxylic acids is 1. The number of halogens is 1. The summed E-state index contributed by atoms with van der Waals surface area (Å²) in [6, 6.07) is 5.58. The molecular weight excluding hydrogens is 328 g/mol. The van der Waals surface area contributed by atoms with Gasteiger partial charge in [-0.2, -0.15) is 0 Å². The van der Waals surface area contributed by atoms with E-state index in [9.17, 15) is 4.79 Å². The molecule has 24 heavy (non-hydrogen) atoms. The number of amides is 1. The third-order valence-electron chi connectivity index (χ3n) is 4.35. The first kappa shape index (κ1) is 15.3. The van der Waals surface area contributed by atoms with E-state index >= 15 is 0 Å². The van der Waals surface area contributed by atoms with Gasteiger partial charge in [0.2, 0.25) is 5.91 Å². The number of ether oxygens (including phenoxy) is 2. The van der Waals surface area contributed by atoms with Crippen LogP contribution in [0.4, 0.5) is 0 Å². The van der Waals surface area contributed by atoms with Crippen molar-refractivity contribution in [3.05, 3.63) is 51.8 Å². The van der Waals surface area contributed by atoms with Crippen LogP contribution in [0, 0.1) is 6.92 Å². The Morgan fingerprint density at radius 2 is 1.88 bits per heavy atom. The van der Waals surface area contributed by atoms with E-state index in [0.717, 1.165) is 16.8 Å². The van der Waals surface area contributed by atoms with Gasteiger partial charge in [-0.3, -0.25) is 9.78 Å². The number of benzene rings is 1. The van der Waals surface area contributed by atoms with Crippen molar-refractivity contribution in [1.82, 2.24) is 9.88 Å². The SMILES string of the molecule is Cc1cc2c(cn1)CN(C(=O)Cc1cc3c(cc1Cl)OCCO3)C2. The number of aryl methyl sites for hydroxylation is 1. The first-order valence-corrected chi connectivity index (χ1v) is 8.28. The molecule has 0 aliphatic carbocycles. The summed E-state index contributed by atoms with van der Waals surface area (Å²) in [5.74, 6) is 1.33. The second-order valence-electron chi connectivity index (χ2n) is 6.11. The number of nitrogens with zero attached hydrogens (tertiary/aromatic N) is 2. The molecule has 2 aliphatic heterocycles. The Labute approximate surface area is 145 Å². The molecule has 2 aromatic rings. The first-order chi connectivity index (χ1) is 11.6. The van der Waals surface area contributed by atoms with Gasteiger partial charge in [0.05, 0.1) is 6.42 Å². The van der Waals surface area contributed by atoms with Gasteiger partial charge in [-0.05, 0) is 35.7 Å². The zero-order valence-electron chi connectivity index (χ0n) is 13.3. The van der Waals surface area contributed by atoms with Crippen molar-refractivity contribution in [3.8, 4) is 11.5 Å². The van der Waals surface area contributed by atoms with E-state index in [1.807, 2.05) is 30.2 Å². The normalized spacial score (nSPS) is 15.3. The Balaban J connectivity index is 1.51. The average Bonchev–Trinajstić information content (AvgIpc) is 2.98. The number of pyridine rings is 1. The molecule has 0 fully saturated rings. The van der Waals surface area contributed by atoms with Crippen LogP contribution >= 0.6 is 11.6 Å². The molecule has 0 radical (unpaired) electrons. The summed E-state index contributed by atoms with van der Waals surface area (Å²) < 4.78 is 11.1. The summed E-state index contributed by atoms with van der Waals surface area (Å²) in [6.07, 6.45) is 2.10. The maximum Gasteiger partial charge on any atom is 0.227 e. The molecule has 0 saturated heterocycles. The van der Waals surface area contributed by atoms with Gasteiger partial charge in [0.15, 0.2) is 11.5 Å². The maximum atomic E-state index is 12.7. The van der Waals surface area contributed by atoms with Crippen molar-refractivity contribution in [3.63, 3.8) is 0 Å². The minimum Gasteiger partial charge on any atom is -0.486 e. The van der Waals surface area contributed by atoms with Crippen molar-refractivity contribution >= 4 is 17.5 Å². The van der Waals surface area contributed by atoms with Crippen molar-refractivity contribution in [2.45, 2.75) is 26.4 Å². The molecule has 5 nitrogen and oxygen atoms in total. The first-order valence-electron chi connectivity index (χ1n) is 7.90. The highest BCUT2D eigenvalue weighted by Crippen LogP contribution is 2.36. The maximum absolute atomic E-state index is 12.7. The van der Waals surface area contributed by atoms with Gasteiger partial charge >= 0.3 is 0 Å². The van der Waals surface area contributed by atoms with E-state index in [-0.39, 0.29) is 12.3 Å². The molecule has 0 bridgehead atoms. The third kappa shape index (κ3) is 2.80. The lowest BCUT2D eigenvalue weighted by atomic mass is 10.1. The Morgan fingerprint density at radius 1 is 1.17 bits per heavy atom. The summed E-state index contributed by atoms with van der Waals surface area (Å²) >= 11 is 6.31. The monoisotopic (exact) mass is 344 g/mol. The van der Waals surface area contributed by atoms with Crippen molar-refractivity contribution < 1.29 is 14.3 Å². The second kappa shape index (κ2) is 5.98. The highest BCUT2D eigenvalue weighted by atomic mass is 35.5. The summed E-state index contributed by atoms with van der Waals surface area (Å²) in [7, 11) is 0. The predicted molar refractivity (Wildman–Crippen MR) is 89.4 cm³/mol. The predicted octanol–water partition coefficient (Wildman–Crippen LogP) is 2.90. The summed E-state index contributed by atoms with van der Waals surface area (Å²) in [6.45, 7) is 4.21. The van der Waals surface area contributed by atoms with Gasteiger partial charge in [0.25, 0.3) is 0 Å². The summed E-state index contributed by atoms with van der Waals surface area (Å²) in [5.41, 5.74) is 4.01. The third-order valence-corrected chi connectivity index (χ3v) is 4.70. The number of hydrogen-bond acceptors (Lipinski definition) is 4. The van der Waals surface area contributed by atoms with Gasteiger partial charge < -0.3 is 14.4 Å². The number of fused-ring (bicyclic) bond motifs is 2. The minimum atomic E-state index is 0.0439. The molecule has 1 amide bonds. The number of rotatable bonds is 2. The zero-order chi connectivity index (χ0) is 16.7. The molecule has 1 aromatic carbocycles. The largest absolute Gasteiger partial charge is 0.486 e. The van der Waals surface area contributed by atoms with Gasteiger partial charge in [0.1, 0.15) is 13.2 Å². The fourth-order valence-corrected chi connectivity index (χ4v) is 3.31. The Hall–Kier alpha value is -2.27. The van der Waals surface area contributed by atoms with E-state index in [2.05, 4.69) is 4.98 Å². The highest BCUT2D eigenvalue weighted by Gasteiger charge is 2.25. The van der Waals surface area contributed by atoms with E-state index in [0.29, 0.717) is 42.8 Å². The van der Waals surface area contributed by atoms with Gasteiger partial charge in [-0.15, -0.1) is 0 Å². The molecular formula is C18H17ClN2O3. The van der Waals surface area contributed by atoms with Crippen molar-refractivity contribution in [2.75, 3.05) is 13.2 Å². The van der Waals surface area contributed by atoms with Crippen LogP contribution in [0.5, 0.6) is 11.5 Å². The molecule has 0 spiro atoms. The minimum absolute atomic E-state index is 0.0439. The molecule has 3 heterocycles. The van der Waals surface area contributed by atoms with E-state index in [1.54, 1.807) is 6.07 Å². The molecule has 0 saturated carbocycles. The van der Waals surface area contributed by atoms with Gasteiger partial charge in [0, 0.05) is 36.1 Å². The smallest absolute Gasteiger partial charge is 0.227 e. The van der Waals surface area contributed by atoms with E-state index in [1.165, 1.54) is 5.56 Å². The van der Waals surface area contributed by atoms with E-state index < -0.39 is 0 Å². The fourth-order valence-electron chi connectivity index (χ4n) is 3.09. The average molecular weight is 345 g/mol. The van der Waals surface area contributed by atoms with Crippen LogP contribution < -0.4 is 9.47 Å². The highest BCUT2D eigenvalue weighted by molar-refractivity contribution is 6.31. The number of aromatic nitrogens is 1. The fraction of sp³-hybridized carbons (Fsp3) is 0.333. The van der Waals surface area contributed by atoms with Crippen LogP contribution in [0.15, 0.2) is 24.4 Å². The Morgan fingerprint density at radius 3 is 2.67 bits per heavy atom. The van der Waals surface area contributed by atoms with Crippen molar-refractivity contribution in [2.24, 2.45) is 0 Å². The lowest BCUT2D eigenvalue weighted by Crippen LogP contribution is -2.27. The van der Waals surface area contributed by atoms with Gasteiger partial charge in [-0.25, -0.2) is 0 Å². The molecule has 0 N–H and O–H groups in total. The Bertz CT molecular complexity index is 822. The quantitative estimate of drug-likeness (QED) is 0.840. The molecule has 0 atom stereocenters. The molecule has 0 unspecified atom stereocenters. The topological polar surface area (TPSA) is 51.7 Å². The van der Waals surface area contributed by atoms with Crippen LogP contribution in [-0.4, -0.2) is 29.0 Å². The lowest BCUT2D eigenvalue weighted by Gasteiger charge is -2.21. The zero-order valence-corrected chi connectivity index (χ0v) is 14.1. The molecule has 2 aliphatic rings. The van der Waals surface area contributed by atoms with Crippen LogP contribution in [-0.2, 0) is 24.3 Å². The summed E-state index contributed by atoms with van der Waals surface area (Å²) in [5, 5.41) is 0.529. The van der Waals surface area contributed by atoms with Crippen LogP contribution in [0.3, 0.4) is 0 Å². The molecule has 124 valence electrons. The molecule has 6 heteroatoms. The lowest BCUT2D eigenvalue weighted by molar-refractivity contribution is -0.131. The second-order valence-corrected chi connectivity index (χ2v) is 6.52. The molecule has 1 aromatic heterocycles. The molecule has 4 rings (SSSR count). The van der Waals surface area contributed by atoms with Crippen LogP contribution in [0.25, 0.3) is 0 Å². The Kier molecular flexibility index (Phi) is 3.81. The standard InChI is InChI=1S/C18H17ClN2O3/c1-11-4-13-9-21(10-14(13)8-20-11)18(22)6-12-5-16-17(7-15(12)19)24-3-2-23-16/h4-5,7-8H,2-3,6,9-10H2,1H3. The number of carbonyl (C=O) groups is 1. The van der Waals surface area contributed by atoms with E-state index in [4.69, 9.17) is 21.1 Å².